The van der Waals surface area contributed by atoms with Crippen molar-refractivity contribution in [2.75, 3.05) is 0 Å². The molecule has 2 aromatic carbocycles. The van der Waals surface area contributed by atoms with Gasteiger partial charge in [-0.3, -0.25) is 4.79 Å². The van der Waals surface area contributed by atoms with Crippen molar-refractivity contribution in [2.24, 2.45) is 0 Å². The van der Waals surface area contributed by atoms with Gasteiger partial charge in [0, 0.05) is 0 Å². The Hall–Kier alpha value is -1.91. The standard InChI is InChI=1S/C14H11NO2S/c16-8-9-2-1-3-10(6-9)11-4-5-12-13(7-11)18-14(17)15-12/h1-7,16H,8H2,(H,15,17). The molecule has 0 unspecified atom stereocenters. The number of benzene rings is 2. The molecule has 1 heterocycles. The van der Waals surface area contributed by atoms with Crippen LogP contribution in [0, 0.1) is 0 Å². The molecule has 0 amide bonds. The van der Waals surface area contributed by atoms with Gasteiger partial charge in [-0.2, -0.15) is 0 Å². The minimum atomic E-state index is -0.0359. The van der Waals surface area contributed by atoms with Crippen molar-refractivity contribution >= 4 is 21.6 Å². The number of fused-ring (bicyclic) bond motifs is 1. The molecule has 2 N–H and O–H groups in total. The molecule has 0 aliphatic carbocycles. The maximum absolute atomic E-state index is 11.3. The van der Waals surface area contributed by atoms with E-state index in [1.54, 1.807) is 0 Å². The maximum Gasteiger partial charge on any atom is 0.305 e. The smallest absolute Gasteiger partial charge is 0.305 e. The number of thiazole rings is 1. The van der Waals surface area contributed by atoms with E-state index in [0.717, 1.165) is 26.9 Å². The van der Waals surface area contributed by atoms with Crippen LogP contribution in [0.4, 0.5) is 0 Å². The van der Waals surface area contributed by atoms with Gasteiger partial charge in [0.25, 0.3) is 0 Å². The molecule has 3 rings (SSSR count). The third-order valence-corrected chi connectivity index (χ3v) is 3.71. The number of aromatic amines is 1. The van der Waals surface area contributed by atoms with Crippen LogP contribution in [0.3, 0.4) is 0 Å². The van der Waals surface area contributed by atoms with Crippen LogP contribution >= 0.6 is 11.3 Å². The molecule has 0 radical (unpaired) electrons. The van der Waals surface area contributed by atoms with Crippen LogP contribution < -0.4 is 4.87 Å². The molecule has 0 aliphatic rings. The van der Waals surface area contributed by atoms with E-state index >= 15 is 0 Å². The van der Waals surface area contributed by atoms with E-state index in [2.05, 4.69) is 4.98 Å². The van der Waals surface area contributed by atoms with Crippen LogP contribution in [0.5, 0.6) is 0 Å². The Morgan fingerprint density at radius 2 is 1.94 bits per heavy atom. The van der Waals surface area contributed by atoms with Crippen molar-refractivity contribution in [1.82, 2.24) is 4.98 Å². The largest absolute Gasteiger partial charge is 0.392 e. The van der Waals surface area contributed by atoms with Crippen molar-refractivity contribution in [3.05, 3.63) is 57.7 Å². The van der Waals surface area contributed by atoms with Crippen molar-refractivity contribution in [2.45, 2.75) is 6.61 Å². The molecule has 3 aromatic rings. The highest BCUT2D eigenvalue weighted by atomic mass is 32.1. The Morgan fingerprint density at radius 1 is 1.11 bits per heavy atom. The lowest BCUT2D eigenvalue weighted by atomic mass is 10.0. The predicted molar refractivity (Wildman–Crippen MR) is 73.8 cm³/mol. The van der Waals surface area contributed by atoms with Gasteiger partial charge in [-0.15, -0.1) is 0 Å². The van der Waals surface area contributed by atoms with E-state index in [-0.39, 0.29) is 11.5 Å². The van der Waals surface area contributed by atoms with Crippen molar-refractivity contribution in [3.8, 4) is 11.1 Å². The first kappa shape index (κ1) is 11.2. The number of nitrogens with one attached hydrogen (secondary N) is 1. The molecule has 0 spiro atoms. The molecule has 90 valence electrons. The fourth-order valence-electron chi connectivity index (χ4n) is 1.97. The minimum Gasteiger partial charge on any atom is -0.392 e. The molecular formula is C14H11NO2S. The van der Waals surface area contributed by atoms with Crippen molar-refractivity contribution in [1.29, 1.82) is 0 Å². The van der Waals surface area contributed by atoms with E-state index in [0.29, 0.717) is 0 Å². The Bertz CT molecular complexity index is 758. The summed E-state index contributed by atoms with van der Waals surface area (Å²) in [5.41, 5.74) is 3.85. The third-order valence-electron chi connectivity index (χ3n) is 2.86. The highest BCUT2D eigenvalue weighted by Crippen LogP contribution is 2.25. The van der Waals surface area contributed by atoms with Crippen LogP contribution in [-0.2, 0) is 6.61 Å². The van der Waals surface area contributed by atoms with E-state index in [4.69, 9.17) is 5.11 Å². The molecule has 0 saturated heterocycles. The monoisotopic (exact) mass is 257 g/mol. The van der Waals surface area contributed by atoms with Crippen molar-refractivity contribution < 1.29 is 5.11 Å². The first-order valence-electron chi connectivity index (χ1n) is 5.59. The molecule has 0 bridgehead atoms. The van der Waals surface area contributed by atoms with Gasteiger partial charge in [0.05, 0.1) is 16.8 Å². The summed E-state index contributed by atoms with van der Waals surface area (Å²) in [6.45, 7) is 0.0353. The lowest BCUT2D eigenvalue weighted by Gasteiger charge is -2.03. The van der Waals surface area contributed by atoms with E-state index in [9.17, 15) is 4.79 Å². The van der Waals surface area contributed by atoms with Gasteiger partial charge in [0.15, 0.2) is 0 Å². The Kier molecular flexibility index (Phi) is 2.74. The van der Waals surface area contributed by atoms with Crippen LogP contribution in [0.25, 0.3) is 21.3 Å². The summed E-state index contributed by atoms with van der Waals surface area (Å²) in [5, 5.41) is 9.14. The second-order valence-electron chi connectivity index (χ2n) is 4.08. The van der Waals surface area contributed by atoms with E-state index < -0.39 is 0 Å². The average molecular weight is 257 g/mol. The van der Waals surface area contributed by atoms with Crippen LogP contribution in [0.1, 0.15) is 5.56 Å². The Balaban J connectivity index is 2.15. The molecule has 0 aliphatic heterocycles. The number of rotatable bonds is 2. The molecule has 3 nitrogen and oxygen atoms in total. The summed E-state index contributed by atoms with van der Waals surface area (Å²) in [6.07, 6.45) is 0. The molecular weight excluding hydrogens is 246 g/mol. The van der Waals surface area contributed by atoms with Gasteiger partial charge in [0.2, 0.25) is 0 Å². The summed E-state index contributed by atoms with van der Waals surface area (Å²) < 4.78 is 0.951. The molecule has 1 aromatic heterocycles. The lowest BCUT2D eigenvalue weighted by Crippen LogP contribution is -1.89. The van der Waals surface area contributed by atoms with Crippen LogP contribution in [0.2, 0.25) is 0 Å². The zero-order chi connectivity index (χ0) is 12.5. The summed E-state index contributed by atoms with van der Waals surface area (Å²) in [7, 11) is 0. The second kappa shape index (κ2) is 4.40. The number of hydrogen-bond donors (Lipinski definition) is 2. The van der Waals surface area contributed by atoms with Gasteiger partial charge in [-0.1, -0.05) is 35.6 Å². The van der Waals surface area contributed by atoms with Gasteiger partial charge in [-0.25, -0.2) is 0 Å². The maximum atomic E-state index is 11.3. The number of aliphatic hydroxyl groups is 1. The summed E-state index contributed by atoms with van der Waals surface area (Å²) in [5.74, 6) is 0. The SMILES string of the molecule is O=c1[nH]c2ccc(-c3cccc(CO)c3)cc2s1. The molecule has 18 heavy (non-hydrogen) atoms. The topological polar surface area (TPSA) is 53.1 Å². The van der Waals surface area contributed by atoms with Gasteiger partial charge in [-0.05, 0) is 34.9 Å². The highest BCUT2D eigenvalue weighted by Gasteiger charge is 2.03. The zero-order valence-electron chi connectivity index (χ0n) is 9.51. The summed E-state index contributed by atoms with van der Waals surface area (Å²) >= 11 is 1.21. The fraction of sp³-hybridized carbons (Fsp3) is 0.0714. The minimum absolute atomic E-state index is 0.0353. The Labute approximate surface area is 107 Å². The van der Waals surface area contributed by atoms with Crippen molar-refractivity contribution in [3.63, 3.8) is 0 Å². The summed E-state index contributed by atoms with van der Waals surface area (Å²) in [4.78, 5) is 14.0. The number of aliphatic hydroxyl groups excluding tert-OH is 1. The highest BCUT2D eigenvalue weighted by molar-refractivity contribution is 7.16. The van der Waals surface area contributed by atoms with Gasteiger partial charge in [0.1, 0.15) is 0 Å². The Morgan fingerprint density at radius 3 is 2.78 bits per heavy atom. The first-order chi connectivity index (χ1) is 8.76. The number of hydrogen-bond acceptors (Lipinski definition) is 3. The first-order valence-corrected chi connectivity index (χ1v) is 6.41. The summed E-state index contributed by atoms with van der Waals surface area (Å²) in [6, 6.07) is 13.6. The normalized spacial score (nSPS) is 10.9. The molecule has 4 heteroatoms. The molecule has 0 saturated carbocycles. The van der Waals surface area contributed by atoms with Crippen LogP contribution in [-0.4, -0.2) is 10.1 Å². The lowest BCUT2D eigenvalue weighted by molar-refractivity contribution is 0.282. The van der Waals surface area contributed by atoms with Gasteiger partial charge < -0.3 is 10.1 Å². The van der Waals surface area contributed by atoms with E-state index in [1.807, 2.05) is 42.5 Å². The predicted octanol–water partition coefficient (Wildman–Crippen LogP) is 2.75. The number of aromatic nitrogens is 1. The van der Waals surface area contributed by atoms with Crippen LogP contribution in [0.15, 0.2) is 47.3 Å². The average Bonchev–Trinajstić information content (AvgIpc) is 2.77. The number of H-pyrrole nitrogens is 1. The van der Waals surface area contributed by atoms with Gasteiger partial charge >= 0.3 is 4.87 Å². The van der Waals surface area contributed by atoms with E-state index in [1.165, 1.54) is 11.3 Å². The second-order valence-corrected chi connectivity index (χ2v) is 5.10. The molecule has 0 fully saturated rings. The molecule has 0 atom stereocenters. The third kappa shape index (κ3) is 1.96. The quantitative estimate of drug-likeness (QED) is 0.741. The fourth-order valence-corrected chi connectivity index (χ4v) is 2.75. The zero-order valence-corrected chi connectivity index (χ0v) is 10.3.